The second-order valence-corrected chi connectivity index (χ2v) is 5.57. The van der Waals surface area contributed by atoms with Gasteiger partial charge in [-0.1, -0.05) is 18.2 Å². The second-order valence-electron chi connectivity index (χ2n) is 5.57. The van der Waals surface area contributed by atoms with Crippen molar-refractivity contribution in [2.45, 2.75) is 26.1 Å². The van der Waals surface area contributed by atoms with Crippen LogP contribution in [0, 0.1) is 0 Å². The lowest BCUT2D eigenvalue weighted by Gasteiger charge is -2.16. The van der Waals surface area contributed by atoms with Crippen molar-refractivity contribution < 1.29 is 4.79 Å². The van der Waals surface area contributed by atoms with E-state index < -0.39 is 0 Å². The summed E-state index contributed by atoms with van der Waals surface area (Å²) in [6.07, 6.45) is 8.94. The highest BCUT2D eigenvalue weighted by molar-refractivity contribution is 5.74. The van der Waals surface area contributed by atoms with E-state index in [2.05, 4.69) is 20.7 Å². The molecule has 7 nitrogen and oxygen atoms in total. The van der Waals surface area contributed by atoms with Crippen LogP contribution in [0.2, 0.25) is 0 Å². The molecule has 0 radical (unpaired) electrons. The monoisotopic (exact) mass is 324 g/mol. The smallest absolute Gasteiger partial charge is 0.315 e. The largest absolute Gasteiger partial charge is 0.335 e. The summed E-state index contributed by atoms with van der Waals surface area (Å²) in [7, 11) is 0. The summed E-state index contributed by atoms with van der Waals surface area (Å²) in [5.74, 6) is 0. The number of carbonyl (C=O) groups excluding carboxylic acids is 1. The molecular weight excluding hydrogens is 304 g/mol. The molecule has 2 N–H and O–H groups in total. The number of rotatable bonds is 6. The van der Waals surface area contributed by atoms with Gasteiger partial charge in [0, 0.05) is 43.9 Å². The van der Waals surface area contributed by atoms with E-state index in [-0.39, 0.29) is 12.1 Å². The van der Waals surface area contributed by atoms with E-state index >= 15 is 0 Å². The molecule has 2 amide bonds. The highest BCUT2D eigenvalue weighted by Crippen LogP contribution is 2.12. The molecule has 0 bridgehead atoms. The molecule has 0 saturated carbocycles. The van der Waals surface area contributed by atoms with E-state index in [1.165, 1.54) is 0 Å². The molecule has 7 heteroatoms. The van der Waals surface area contributed by atoms with Gasteiger partial charge in [0.2, 0.25) is 0 Å². The fourth-order valence-electron chi connectivity index (χ4n) is 2.50. The van der Waals surface area contributed by atoms with Crippen LogP contribution in [0.25, 0.3) is 5.69 Å². The minimum Gasteiger partial charge on any atom is -0.335 e. The number of imidazole rings is 1. The fourth-order valence-corrected chi connectivity index (χ4v) is 2.50. The summed E-state index contributed by atoms with van der Waals surface area (Å²) in [6, 6.07) is 9.53. The van der Waals surface area contributed by atoms with Crippen molar-refractivity contribution in [3.63, 3.8) is 0 Å². The first-order valence-corrected chi connectivity index (χ1v) is 7.80. The Balaban J connectivity index is 1.55. The van der Waals surface area contributed by atoms with Crippen molar-refractivity contribution in [2.75, 3.05) is 0 Å². The zero-order chi connectivity index (χ0) is 16.8. The Morgan fingerprint density at radius 3 is 2.83 bits per heavy atom. The van der Waals surface area contributed by atoms with Crippen molar-refractivity contribution in [1.29, 1.82) is 0 Å². The maximum Gasteiger partial charge on any atom is 0.315 e. The normalized spacial score (nSPS) is 11.9. The lowest BCUT2D eigenvalue weighted by molar-refractivity contribution is 0.236. The molecular formula is C17H20N6O. The Labute approximate surface area is 140 Å². The molecule has 0 unspecified atom stereocenters. The molecule has 1 aromatic carbocycles. The van der Waals surface area contributed by atoms with Crippen LogP contribution in [0.4, 0.5) is 4.79 Å². The average molecular weight is 324 g/mol. The Bertz CT molecular complexity index is 766. The predicted octanol–water partition coefficient (Wildman–Crippen LogP) is 1.96. The Morgan fingerprint density at radius 2 is 2.08 bits per heavy atom. The highest BCUT2D eigenvalue weighted by atomic mass is 16.2. The van der Waals surface area contributed by atoms with Gasteiger partial charge in [-0.2, -0.15) is 5.10 Å². The van der Waals surface area contributed by atoms with E-state index in [0.717, 1.165) is 11.3 Å². The van der Waals surface area contributed by atoms with E-state index in [4.69, 9.17) is 0 Å². The SMILES string of the molecule is C[C@@H](Cn1ccnc1)NC(=O)NCc1ccccc1-n1cccn1. The van der Waals surface area contributed by atoms with Crippen LogP contribution in [0.3, 0.4) is 0 Å². The van der Waals surface area contributed by atoms with Gasteiger partial charge in [0.15, 0.2) is 0 Å². The van der Waals surface area contributed by atoms with Gasteiger partial charge in [-0.05, 0) is 24.6 Å². The van der Waals surface area contributed by atoms with Gasteiger partial charge < -0.3 is 15.2 Å². The van der Waals surface area contributed by atoms with E-state index in [9.17, 15) is 4.79 Å². The molecule has 1 atom stereocenters. The van der Waals surface area contributed by atoms with Gasteiger partial charge >= 0.3 is 6.03 Å². The number of para-hydroxylation sites is 1. The van der Waals surface area contributed by atoms with Crippen molar-refractivity contribution in [3.05, 3.63) is 67.0 Å². The number of nitrogens with zero attached hydrogens (tertiary/aromatic N) is 4. The topological polar surface area (TPSA) is 76.8 Å². The number of benzene rings is 1. The highest BCUT2D eigenvalue weighted by Gasteiger charge is 2.09. The third-order valence-electron chi connectivity index (χ3n) is 3.60. The van der Waals surface area contributed by atoms with Crippen LogP contribution in [0.5, 0.6) is 0 Å². The first-order valence-electron chi connectivity index (χ1n) is 7.80. The average Bonchev–Trinajstić information content (AvgIpc) is 3.26. The number of hydrogen-bond acceptors (Lipinski definition) is 3. The summed E-state index contributed by atoms with van der Waals surface area (Å²) in [5, 5.41) is 10.1. The van der Waals surface area contributed by atoms with Crippen molar-refractivity contribution in [3.8, 4) is 5.69 Å². The minimum absolute atomic E-state index is 0.000518. The minimum atomic E-state index is -0.196. The van der Waals surface area contributed by atoms with E-state index in [1.54, 1.807) is 23.4 Å². The van der Waals surface area contributed by atoms with Gasteiger partial charge in [-0.15, -0.1) is 0 Å². The molecule has 124 valence electrons. The molecule has 0 spiro atoms. The van der Waals surface area contributed by atoms with Gasteiger partial charge in [0.25, 0.3) is 0 Å². The lowest BCUT2D eigenvalue weighted by Crippen LogP contribution is -2.42. The fraction of sp³-hybridized carbons (Fsp3) is 0.235. The Kier molecular flexibility index (Phi) is 4.90. The third kappa shape index (κ3) is 4.01. The number of amides is 2. The molecule has 0 aliphatic carbocycles. The zero-order valence-electron chi connectivity index (χ0n) is 13.5. The molecule has 2 heterocycles. The van der Waals surface area contributed by atoms with Gasteiger partial charge in [0.1, 0.15) is 0 Å². The zero-order valence-corrected chi connectivity index (χ0v) is 13.5. The first-order chi connectivity index (χ1) is 11.7. The number of aromatic nitrogens is 4. The third-order valence-corrected chi connectivity index (χ3v) is 3.60. The molecule has 3 rings (SSSR count). The predicted molar refractivity (Wildman–Crippen MR) is 90.6 cm³/mol. The van der Waals surface area contributed by atoms with Crippen LogP contribution in [-0.2, 0) is 13.1 Å². The van der Waals surface area contributed by atoms with Gasteiger partial charge in [-0.25, -0.2) is 14.5 Å². The molecule has 24 heavy (non-hydrogen) atoms. The lowest BCUT2D eigenvalue weighted by atomic mass is 10.2. The molecule has 0 aliphatic heterocycles. The van der Waals surface area contributed by atoms with Crippen molar-refractivity contribution in [1.82, 2.24) is 30.0 Å². The molecule has 0 aliphatic rings. The molecule has 0 saturated heterocycles. The summed E-state index contributed by atoms with van der Waals surface area (Å²) >= 11 is 0. The standard InChI is InChI=1S/C17H20N6O/c1-14(12-22-10-8-18-13-22)21-17(24)19-11-15-5-2-3-6-16(15)23-9-4-7-20-23/h2-10,13-14H,11-12H2,1H3,(H2,19,21,24)/t14-/m0/s1. The first kappa shape index (κ1) is 15.8. The number of nitrogens with one attached hydrogen (secondary N) is 2. The molecule has 0 fully saturated rings. The summed E-state index contributed by atoms with van der Waals surface area (Å²) in [4.78, 5) is 16.1. The summed E-state index contributed by atoms with van der Waals surface area (Å²) in [6.45, 7) is 3.06. The Morgan fingerprint density at radius 1 is 1.21 bits per heavy atom. The van der Waals surface area contributed by atoms with Gasteiger partial charge in [-0.3, -0.25) is 0 Å². The second kappa shape index (κ2) is 7.45. The molecule has 3 aromatic rings. The van der Waals surface area contributed by atoms with Crippen molar-refractivity contribution >= 4 is 6.03 Å². The van der Waals surface area contributed by atoms with Gasteiger partial charge in [0.05, 0.1) is 12.0 Å². The van der Waals surface area contributed by atoms with Crippen molar-refractivity contribution in [2.24, 2.45) is 0 Å². The van der Waals surface area contributed by atoms with Crippen LogP contribution < -0.4 is 10.6 Å². The maximum absolute atomic E-state index is 12.1. The quantitative estimate of drug-likeness (QED) is 0.727. The van der Waals surface area contributed by atoms with Crippen LogP contribution in [0.15, 0.2) is 61.4 Å². The number of hydrogen-bond donors (Lipinski definition) is 2. The molecule has 2 aromatic heterocycles. The summed E-state index contributed by atoms with van der Waals surface area (Å²) < 4.78 is 3.72. The maximum atomic E-state index is 12.1. The number of urea groups is 1. The van der Waals surface area contributed by atoms with E-state index in [0.29, 0.717) is 13.1 Å². The van der Waals surface area contributed by atoms with E-state index in [1.807, 2.05) is 54.2 Å². The van der Waals surface area contributed by atoms with Crippen LogP contribution in [0.1, 0.15) is 12.5 Å². The Hall–Kier alpha value is -3.09. The van der Waals surface area contributed by atoms with Crippen LogP contribution in [-0.4, -0.2) is 31.4 Å². The van der Waals surface area contributed by atoms with Crippen LogP contribution >= 0.6 is 0 Å². The number of carbonyl (C=O) groups is 1. The summed E-state index contributed by atoms with van der Waals surface area (Å²) in [5.41, 5.74) is 1.95.